The number of piperazine rings is 1. The lowest BCUT2D eigenvalue weighted by Crippen LogP contribution is -2.53. The highest BCUT2D eigenvalue weighted by Crippen LogP contribution is 2.36. The van der Waals surface area contributed by atoms with E-state index in [2.05, 4.69) is 43.0 Å². The second-order valence-electron chi connectivity index (χ2n) is 9.40. The van der Waals surface area contributed by atoms with Crippen molar-refractivity contribution in [3.63, 3.8) is 0 Å². The van der Waals surface area contributed by atoms with Crippen molar-refractivity contribution < 1.29 is 13.2 Å². The fourth-order valence-corrected chi connectivity index (χ4v) is 6.62. The lowest BCUT2D eigenvalue weighted by molar-refractivity contribution is -0.124. The van der Waals surface area contributed by atoms with Crippen LogP contribution in [-0.2, 0) is 21.2 Å². The maximum absolute atomic E-state index is 13.4. The highest BCUT2D eigenvalue weighted by Gasteiger charge is 2.36. The normalized spacial score (nSPS) is 22.0. The third-order valence-corrected chi connectivity index (χ3v) is 9.12. The number of carbonyl (C=O) groups excluding carboxylic acids is 1. The first-order valence-corrected chi connectivity index (χ1v) is 13.1. The maximum atomic E-state index is 13.4. The molecule has 170 valence electrons. The van der Waals surface area contributed by atoms with Crippen LogP contribution >= 0.6 is 0 Å². The maximum Gasteiger partial charge on any atom is 0.243 e. The van der Waals surface area contributed by atoms with Crippen molar-refractivity contribution in [1.29, 1.82) is 0 Å². The summed E-state index contributed by atoms with van der Waals surface area (Å²) in [5, 5.41) is 0. The summed E-state index contributed by atoms with van der Waals surface area (Å²) in [5.41, 5.74) is 4.20. The topological polar surface area (TPSA) is 60.9 Å². The molecule has 3 aliphatic rings. The van der Waals surface area contributed by atoms with Gasteiger partial charge in [-0.15, -0.1) is 0 Å². The molecule has 0 bridgehead atoms. The Kier molecular flexibility index (Phi) is 5.50. The molecule has 32 heavy (non-hydrogen) atoms. The SMILES string of the molecule is Cc1ccc(N2CCN(S(=O)(=O)c3ccc4c(c3)CCN4C(=O)C3CCC3)CC2C)cc1. The summed E-state index contributed by atoms with van der Waals surface area (Å²) in [5.74, 6) is 0.349. The number of hydrogen-bond acceptors (Lipinski definition) is 4. The van der Waals surface area contributed by atoms with Crippen LogP contribution < -0.4 is 9.80 Å². The van der Waals surface area contributed by atoms with Gasteiger partial charge < -0.3 is 9.80 Å². The largest absolute Gasteiger partial charge is 0.366 e. The van der Waals surface area contributed by atoms with Gasteiger partial charge in [0.25, 0.3) is 0 Å². The summed E-state index contributed by atoms with van der Waals surface area (Å²) in [4.78, 5) is 17.2. The zero-order valence-electron chi connectivity index (χ0n) is 18.8. The van der Waals surface area contributed by atoms with Crippen molar-refractivity contribution in [2.24, 2.45) is 5.92 Å². The number of anilines is 2. The van der Waals surface area contributed by atoms with Crippen LogP contribution in [0.1, 0.15) is 37.3 Å². The molecule has 7 heteroatoms. The number of carbonyl (C=O) groups is 1. The number of rotatable bonds is 4. The van der Waals surface area contributed by atoms with Gasteiger partial charge in [-0.3, -0.25) is 4.79 Å². The first kappa shape index (κ1) is 21.5. The summed E-state index contributed by atoms with van der Waals surface area (Å²) in [6.45, 7) is 6.38. The Labute approximate surface area is 190 Å². The minimum Gasteiger partial charge on any atom is -0.366 e. The Morgan fingerprint density at radius 3 is 2.41 bits per heavy atom. The van der Waals surface area contributed by atoms with Crippen LogP contribution in [0.4, 0.5) is 11.4 Å². The summed E-state index contributed by atoms with van der Waals surface area (Å²) in [6, 6.07) is 13.8. The molecule has 1 atom stereocenters. The molecular formula is C25H31N3O3S. The van der Waals surface area contributed by atoms with Gasteiger partial charge in [-0.1, -0.05) is 24.1 Å². The van der Waals surface area contributed by atoms with Gasteiger partial charge in [0.2, 0.25) is 15.9 Å². The van der Waals surface area contributed by atoms with Crippen molar-refractivity contribution in [2.45, 2.75) is 50.5 Å². The van der Waals surface area contributed by atoms with E-state index in [-0.39, 0.29) is 17.9 Å². The molecule has 1 saturated carbocycles. The minimum atomic E-state index is -3.57. The Balaban J connectivity index is 1.32. The van der Waals surface area contributed by atoms with Gasteiger partial charge in [0.1, 0.15) is 0 Å². The van der Waals surface area contributed by atoms with E-state index in [1.807, 2.05) is 11.0 Å². The lowest BCUT2D eigenvalue weighted by Gasteiger charge is -2.40. The highest BCUT2D eigenvalue weighted by molar-refractivity contribution is 7.89. The van der Waals surface area contributed by atoms with E-state index >= 15 is 0 Å². The second kappa shape index (κ2) is 8.19. The molecule has 2 aliphatic heterocycles. The molecular weight excluding hydrogens is 422 g/mol. The zero-order valence-corrected chi connectivity index (χ0v) is 19.6. The van der Waals surface area contributed by atoms with Crippen LogP contribution in [0.3, 0.4) is 0 Å². The zero-order chi connectivity index (χ0) is 22.5. The first-order chi connectivity index (χ1) is 15.3. The van der Waals surface area contributed by atoms with Crippen LogP contribution in [0.25, 0.3) is 0 Å². The average Bonchev–Trinajstić information content (AvgIpc) is 3.16. The molecule has 5 rings (SSSR count). The third kappa shape index (κ3) is 3.71. The van der Waals surface area contributed by atoms with Crippen molar-refractivity contribution in [2.75, 3.05) is 36.0 Å². The molecule has 0 aromatic heterocycles. The summed E-state index contributed by atoms with van der Waals surface area (Å²) < 4.78 is 28.5. The van der Waals surface area contributed by atoms with Crippen LogP contribution in [0, 0.1) is 12.8 Å². The van der Waals surface area contributed by atoms with E-state index in [1.165, 1.54) is 5.56 Å². The molecule has 1 saturated heterocycles. The van der Waals surface area contributed by atoms with Crippen molar-refractivity contribution in [1.82, 2.24) is 4.31 Å². The highest BCUT2D eigenvalue weighted by atomic mass is 32.2. The number of benzene rings is 2. The fraction of sp³-hybridized carbons (Fsp3) is 0.480. The second-order valence-corrected chi connectivity index (χ2v) is 11.3. The molecule has 2 fully saturated rings. The molecule has 1 aliphatic carbocycles. The van der Waals surface area contributed by atoms with Gasteiger partial charge in [-0.25, -0.2) is 8.42 Å². The molecule has 1 unspecified atom stereocenters. The Bertz CT molecular complexity index is 1130. The average molecular weight is 454 g/mol. The van der Waals surface area contributed by atoms with Crippen LogP contribution in [0.2, 0.25) is 0 Å². The van der Waals surface area contributed by atoms with E-state index in [9.17, 15) is 13.2 Å². The number of sulfonamides is 1. The predicted molar refractivity (Wildman–Crippen MR) is 127 cm³/mol. The molecule has 0 radical (unpaired) electrons. The summed E-state index contributed by atoms with van der Waals surface area (Å²) >= 11 is 0. The fourth-order valence-electron chi connectivity index (χ4n) is 5.05. The Morgan fingerprint density at radius 1 is 1.00 bits per heavy atom. The Hall–Kier alpha value is -2.38. The molecule has 2 aromatic rings. The van der Waals surface area contributed by atoms with E-state index < -0.39 is 10.0 Å². The number of amides is 1. The number of fused-ring (bicyclic) bond motifs is 1. The Morgan fingerprint density at radius 2 is 1.75 bits per heavy atom. The van der Waals surface area contributed by atoms with Crippen molar-refractivity contribution >= 4 is 27.3 Å². The van der Waals surface area contributed by atoms with Gasteiger partial charge in [0.05, 0.1) is 4.90 Å². The molecule has 0 N–H and O–H groups in total. The van der Waals surface area contributed by atoms with Crippen molar-refractivity contribution in [3.05, 3.63) is 53.6 Å². The molecule has 0 spiro atoms. The van der Waals surface area contributed by atoms with Crippen LogP contribution in [0.15, 0.2) is 47.4 Å². The molecule has 2 aromatic carbocycles. The van der Waals surface area contributed by atoms with E-state index in [4.69, 9.17) is 0 Å². The quantitative estimate of drug-likeness (QED) is 0.710. The minimum absolute atomic E-state index is 0.0891. The lowest BCUT2D eigenvalue weighted by atomic mass is 9.84. The monoisotopic (exact) mass is 453 g/mol. The van der Waals surface area contributed by atoms with Gasteiger partial charge in [-0.2, -0.15) is 4.31 Å². The van der Waals surface area contributed by atoms with Gasteiger partial charge in [0, 0.05) is 49.5 Å². The van der Waals surface area contributed by atoms with E-state index in [1.54, 1.807) is 16.4 Å². The smallest absolute Gasteiger partial charge is 0.243 e. The van der Waals surface area contributed by atoms with Gasteiger partial charge >= 0.3 is 0 Å². The van der Waals surface area contributed by atoms with Crippen LogP contribution in [-0.4, -0.2) is 50.9 Å². The van der Waals surface area contributed by atoms with Crippen molar-refractivity contribution in [3.8, 4) is 0 Å². The number of hydrogen-bond donors (Lipinski definition) is 0. The van der Waals surface area contributed by atoms with E-state index in [0.29, 0.717) is 31.1 Å². The molecule has 1 amide bonds. The first-order valence-electron chi connectivity index (χ1n) is 11.6. The molecule has 2 heterocycles. The standard InChI is InChI=1S/C25H31N3O3S/c1-18-6-8-22(9-7-18)27-15-14-26(17-19(27)2)32(30,31)23-10-11-24-21(16-23)12-13-28(24)25(29)20-4-3-5-20/h6-11,16,19-20H,3-5,12-15,17H2,1-2H3. The number of aryl methyl sites for hydroxylation is 1. The molecule has 6 nitrogen and oxygen atoms in total. The summed E-state index contributed by atoms with van der Waals surface area (Å²) in [6.07, 6.45) is 3.80. The number of nitrogens with zero attached hydrogens (tertiary/aromatic N) is 3. The summed E-state index contributed by atoms with van der Waals surface area (Å²) in [7, 11) is -3.57. The van der Waals surface area contributed by atoms with Crippen LogP contribution in [0.5, 0.6) is 0 Å². The predicted octanol–water partition coefficient (Wildman–Crippen LogP) is 3.58. The van der Waals surface area contributed by atoms with Gasteiger partial charge in [-0.05, 0) is 69.0 Å². The van der Waals surface area contributed by atoms with E-state index in [0.717, 1.165) is 42.6 Å². The van der Waals surface area contributed by atoms with Gasteiger partial charge in [0.15, 0.2) is 0 Å². The third-order valence-electron chi connectivity index (χ3n) is 7.26.